The van der Waals surface area contributed by atoms with Crippen LogP contribution in [0.5, 0.6) is 0 Å². The zero-order valence-corrected chi connectivity index (χ0v) is 19.5. The zero-order chi connectivity index (χ0) is 22.9. The summed E-state index contributed by atoms with van der Waals surface area (Å²) in [4.78, 5) is 35.7. The number of nitrogens with one attached hydrogen (secondary N) is 3. The van der Waals surface area contributed by atoms with E-state index in [0.717, 1.165) is 10.0 Å². The van der Waals surface area contributed by atoms with E-state index in [1.807, 2.05) is 24.3 Å². The molecule has 2 aromatic carbocycles. The Hall–Kier alpha value is -2.87. The van der Waals surface area contributed by atoms with Crippen LogP contribution in [0.25, 0.3) is 0 Å². The van der Waals surface area contributed by atoms with Gasteiger partial charge in [-0.2, -0.15) is 0 Å². The predicted octanol–water partition coefficient (Wildman–Crippen LogP) is 4.87. The third-order valence-electron chi connectivity index (χ3n) is 4.00. The summed E-state index contributed by atoms with van der Waals surface area (Å²) >= 11 is 3.42. The van der Waals surface area contributed by atoms with E-state index in [2.05, 4.69) is 31.9 Å². The molecule has 0 aliphatic rings. The molecule has 0 aliphatic carbocycles. The fraction of sp³-hybridized carbons (Fsp3) is 0.348. The summed E-state index contributed by atoms with van der Waals surface area (Å²) in [7, 11) is 0. The van der Waals surface area contributed by atoms with E-state index in [1.54, 1.807) is 45.0 Å². The molecule has 0 aromatic heterocycles. The minimum absolute atomic E-state index is 0.0787. The Labute approximate surface area is 191 Å². The van der Waals surface area contributed by atoms with Gasteiger partial charge in [0.2, 0.25) is 11.8 Å². The molecule has 0 saturated heterocycles. The van der Waals surface area contributed by atoms with Gasteiger partial charge in [0.05, 0.1) is 0 Å². The number of carbonyl (C=O) groups is 3. The maximum atomic E-state index is 12.2. The monoisotopic (exact) mass is 489 g/mol. The van der Waals surface area contributed by atoms with Crippen LogP contribution in [0.1, 0.15) is 39.2 Å². The largest absolute Gasteiger partial charge is 0.444 e. The molecule has 0 unspecified atom stereocenters. The number of ether oxygens (including phenoxy) is 1. The van der Waals surface area contributed by atoms with Gasteiger partial charge < -0.3 is 20.7 Å². The summed E-state index contributed by atoms with van der Waals surface area (Å²) in [5.41, 5.74) is 1.77. The van der Waals surface area contributed by atoms with E-state index < -0.39 is 11.7 Å². The van der Waals surface area contributed by atoms with Crippen molar-refractivity contribution >= 4 is 45.2 Å². The van der Waals surface area contributed by atoms with Crippen LogP contribution in [0.3, 0.4) is 0 Å². The molecule has 0 spiro atoms. The number of hydrogen-bond donors (Lipinski definition) is 3. The third-order valence-corrected chi connectivity index (χ3v) is 4.50. The van der Waals surface area contributed by atoms with Crippen LogP contribution >= 0.6 is 15.9 Å². The SMILES string of the molecule is CC(C)(C)OC(=O)NCCC(=O)Nc1ccc(NC(=O)CCc2cccc(Br)c2)cc1. The summed E-state index contributed by atoms with van der Waals surface area (Å²) in [5, 5.41) is 8.14. The van der Waals surface area contributed by atoms with Crippen LogP contribution in [0.15, 0.2) is 53.0 Å². The fourth-order valence-corrected chi connectivity index (χ4v) is 3.07. The molecule has 0 fully saturated rings. The molecule has 0 heterocycles. The smallest absolute Gasteiger partial charge is 0.407 e. The van der Waals surface area contributed by atoms with Crippen molar-refractivity contribution in [1.82, 2.24) is 5.32 Å². The maximum Gasteiger partial charge on any atom is 0.407 e. The molecule has 166 valence electrons. The lowest BCUT2D eigenvalue weighted by Gasteiger charge is -2.19. The number of rotatable bonds is 8. The van der Waals surface area contributed by atoms with Crippen LogP contribution in [0.2, 0.25) is 0 Å². The number of anilines is 2. The molecule has 0 atom stereocenters. The highest BCUT2D eigenvalue weighted by molar-refractivity contribution is 9.10. The van der Waals surface area contributed by atoms with Crippen LogP contribution in [-0.4, -0.2) is 30.1 Å². The van der Waals surface area contributed by atoms with Crippen LogP contribution in [0, 0.1) is 0 Å². The topological polar surface area (TPSA) is 96.5 Å². The Bertz CT molecular complexity index is 908. The Balaban J connectivity index is 1.71. The second-order valence-corrected chi connectivity index (χ2v) is 8.90. The van der Waals surface area contributed by atoms with Gasteiger partial charge in [-0.1, -0.05) is 28.1 Å². The molecule has 2 aromatic rings. The van der Waals surface area contributed by atoms with E-state index in [-0.39, 0.29) is 24.8 Å². The van der Waals surface area contributed by atoms with Crippen LogP contribution in [0.4, 0.5) is 16.2 Å². The summed E-state index contributed by atoms with van der Waals surface area (Å²) in [6.07, 6.45) is 0.587. The second-order valence-electron chi connectivity index (χ2n) is 7.98. The minimum atomic E-state index is -0.581. The van der Waals surface area contributed by atoms with E-state index in [4.69, 9.17) is 4.74 Å². The average molecular weight is 490 g/mol. The highest BCUT2D eigenvalue weighted by Gasteiger charge is 2.15. The molecule has 7 nitrogen and oxygen atoms in total. The Morgan fingerprint density at radius 2 is 1.48 bits per heavy atom. The van der Waals surface area contributed by atoms with E-state index in [9.17, 15) is 14.4 Å². The fourth-order valence-electron chi connectivity index (χ4n) is 2.63. The average Bonchev–Trinajstić information content (AvgIpc) is 2.66. The minimum Gasteiger partial charge on any atom is -0.444 e. The molecule has 2 rings (SSSR count). The highest BCUT2D eigenvalue weighted by atomic mass is 79.9. The Morgan fingerprint density at radius 3 is 2.03 bits per heavy atom. The van der Waals surface area contributed by atoms with Gasteiger partial charge in [-0.15, -0.1) is 0 Å². The maximum absolute atomic E-state index is 12.2. The molecular weight excluding hydrogens is 462 g/mol. The lowest BCUT2D eigenvalue weighted by Crippen LogP contribution is -2.34. The second kappa shape index (κ2) is 11.5. The molecular formula is C23H28BrN3O4. The van der Waals surface area contributed by atoms with E-state index >= 15 is 0 Å². The van der Waals surface area contributed by atoms with Crippen molar-refractivity contribution in [1.29, 1.82) is 0 Å². The Kier molecular flexibility index (Phi) is 9.05. The summed E-state index contributed by atoms with van der Waals surface area (Å²) < 4.78 is 6.10. The van der Waals surface area contributed by atoms with Gasteiger partial charge in [0, 0.05) is 35.2 Å². The summed E-state index contributed by atoms with van der Waals surface area (Å²) in [6.45, 7) is 5.49. The van der Waals surface area contributed by atoms with Crippen molar-refractivity contribution in [3.63, 3.8) is 0 Å². The standard InChI is InChI=1S/C23H28BrN3O4/c1-23(2,3)31-22(30)25-14-13-21(29)27-19-10-8-18(9-11-19)26-20(28)12-7-16-5-4-6-17(24)15-16/h4-6,8-11,15H,7,12-14H2,1-3H3,(H,25,30)(H,26,28)(H,27,29). The van der Waals surface area contributed by atoms with Crippen molar-refractivity contribution in [2.45, 2.75) is 45.6 Å². The number of amides is 3. The molecule has 0 aliphatic heterocycles. The molecule has 3 N–H and O–H groups in total. The van der Waals surface area contributed by atoms with Gasteiger partial charge in [-0.25, -0.2) is 4.79 Å². The summed E-state index contributed by atoms with van der Waals surface area (Å²) in [6, 6.07) is 14.7. The van der Waals surface area contributed by atoms with Crippen molar-refractivity contribution in [2.24, 2.45) is 0 Å². The van der Waals surface area contributed by atoms with Gasteiger partial charge in [0.15, 0.2) is 0 Å². The van der Waals surface area contributed by atoms with Gasteiger partial charge >= 0.3 is 6.09 Å². The normalized spacial score (nSPS) is 10.8. The molecule has 0 radical (unpaired) electrons. The van der Waals surface area contributed by atoms with Crippen molar-refractivity contribution < 1.29 is 19.1 Å². The number of benzene rings is 2. The first kappa shape index (κ1) is 24.4. The van der Waals surface area contributed by atoms with Crippen LogP contribution < -0.4 is 16.0 Å². The quantitative estimate of drug-likeness (QED) is 0.492. The van der Waals surface area contributed by atoms with Crippen molar-refractivity contribution in [2.75, 3.05) is 17.2 Å². The third kappa shape index (κ3) is 10.1. The number of halogens is 1. The highest BCUT2D eigenvalue weighted by Crippen LogP contribution is 2.16. The van der Waals surface area contributed by atoms with Gasteiger partial charge in [-0.3, -0.25) is 9.59 Å². The predicted molar refractivity (Wildman–Crippen MR) is 125 cm³/mol. The number of hydrogen-bond acceptors (Lipinski definition) is 4. The molecule has 3 amide bonds. The number of alkyl carbamates (subject to hydrolysis) is 1. The van der Waals surface area contributed by atoms with Gasteiger partial charge in [0.25, 0.3) is 0 Å². The van der Waals surface area contributed by atoms with Crippen LogP contribution in [-0.2, 0) is 20.7 Å². The lowest BCUT2D eigenvalue weighted by atomic mass is 10.1. The first-order chi connectivity index (χ1) is 14.6. The molecule has 0 saturated carbocycles. The lowest BCUT2D eigenvalue weighted by molar-refractivity contribution is -0.117. The Morgan fingerprint density at radius 1 is 0.903 bits per heavy atom. The number of carbonyl (C=O) groups excluding carboxylic acids is 3. The van der Waals surface area contributed by atoms with E-state index in [0.29, 0.717) is 24.2 Å². The first-order valence-corrected chi connectivity index (χ1v) is 10.8. The molecule has 8 heteroatoms. The van der Waals surface area contributed by atoms with Crippen molar-refractivity contribution in [3.8, 4) is 0 Å². The van der Waals surface area contributed by atoms with Gasteiger partial charge in [-0.05, 0) is 69.2 Å². The zero-order valence-electron chi connectivity index (χ0n) is 18.0. The van der Waals surface area contributed by atoms with Gasteiger partial charge in [0.1, 0.15) is 5.60 Å². The van der Waals surface area contributed by atoms with E-state index in [1.165, 1.54) is 0 Å². The molecule has 31 heavy (non-hydrogen) atoms. The first-order valence-electron chi connectivity index (χ1n) is 10.0. The summed E-state index contributed by atoms with van der Waals surface area (Å²) in [5.74, 6) is -0.313. The molecule has 0 bridgehead atoms. The number of aryl methyl sites for hydroxylation is 1. The van der Waals surface area contributed by atoms with Crippen molar-refractivity contribution in [3.05, 3.63) is 58.6 Å².